The van der Waals surface area contributed by atoms with Gasteiger partial charge in [-0.1, -0.05) is 24.3 Å². The normalized spacial score (nSPS) is 12.0. The van der Waals surface area contributed by atoms with Gasteiger partial charge in [0.25, 0.3) is 0 Å². The third kappa shape index (κ3) is 4.17. The maximum atomic E-state index is 12.3. The maximum Gasteiger partial charge on any atom is 0.218 e. The average molecular weight is 309 g/mol. The van der Waals surface area contributed by atoms with Crippen LogP contribution in [0.15, 0.2) is 40.8 Å². The Balaban J connectivity index is 2.05. The van der Waals surface area contributed by atoms with Crippen molar-refractivity contribution in [3.63, 3.8) is 0 Å². The van der Waals surface area contributed by atoms with Crippen LogP contribution in [0, 0.1) is 6.92 Å². The molecular weight excluding hydrogens is 290 g/mol. The predicted octanol–water partition coefficient (Wildman–Crippen LogP) is 2.04. The van der Waals surface area contributed by atoms with Gasteiger partial charge in [0.1, 0.15) is 11.5 Å². The fraction of sp³-hybridized carbons (Fsp3) is 0.333. The van der Waals surface area contributed by atoms with E-state index in [-0.39, 0.29) is 18.9 Å². The smallest absolute Gasteiger partial charge is 0.218 e. The van der Waals surface area contributed by atoms with E-state index >= 15 is 0 Å². The summed E-state index contributed by atoms with van der Waals surface area (Å²) in [4.78, 5) is 0. The summed E-state index contributed by atoms with van der Waals surface area (Å²) in [6, 6.07) is 10.5. The van der Waals surface area contributed by atoms with E-state index in [4.69, 9.17) is 9.52 Å². The fourth-order valence-electron chi connectivity index (χ4n) is 1.95. The summed E-state index contributed by atoms with van der Waals surface area (Å²) >= 11 is 0. The first-order valence-corrected chi connectivity index (χ1v) is 8.19. The second-order valence-electron chi connectivity index (χ2n) is 5.00. The summed E-state index contributed by atoms with van der Waals surface area (Å²) in [5.74, 6) is 1.30. The Bertz CT molecular complexity index is 689. The summed E-state index contributed by atoms with van der Waals surface area (Å²) < 4.78 is 31.3. The van der Waals surface area contributed by atoms with E-state index in [9.17, 15) is 8.42 Å². The molecule has 0 bridgehead atoms. The van der Waals surface area contributed by atoms with Crippen LogP contribution in [-0.2, 0) is 28.9 Å². The Morgan fingerprint density at radius 1 is 1.10 bits per heavy atom. The van der Waals surface area contributed by atoms with Crippen LogP contribution in [0.1, 0.15) is 22.6 Å². The van der Waals surface area contributed by atoms with Crippen LogP contribution in [0.4, 0.5) is 0 Å². The highest BCUT2D eigenvalue weighted by Crippen LogP contribution is 2.15. The van der Waals surface area contributed by atoms with E-state index in [1.165, 1.54) is 11.4 Å². The predicted molar refractivity (Wildman–Crippen MR) is 79.9 cm³/mol. The van der Waals surface area contributed by atoms with Gasteiger partial charge in [0.2, 0.25) is 10.0 Å². The lowest BCUT2D eigenvalue weighted by molar-refractivity contribution is 0.282. The van der Waals surface area contributed by atoms with Gasteiger partial charge in [0, 0.05) is 7.05 Å². The van der Waals surface area contributed by atoms with Crippen molar-refractivity contribution in [3.8, 4) is 0 Å². The molecule has 0 aliphatic carbocycles. The highest BCUT2D eigenvalue weighted by atomic mass is 32.2. The maximum absolute atomic E-state index is 12.3. The van der Waals surface area contributed by atoms with Crippen LogP contribution >= 0.6 is 0 Å². The minimum absolute atomic E-state index is 0.0508. The molecule has 1 heterocycles. The first-order valence-electron chi connectivity index (χ1n) is 6.59. The van der Waals surface area contributed by atoms with Crippen molar-refractivity contribution in [1.29, 1.82) is 0 Å². The summed E-state index contributed by atoms with van der Waals surface area (Å²) in [5, 5.41) is 8.98. The van der Waals surface area contributed by atoms with Crippen LogP contribution in [0.25, 0.3) is 0 Å². The lowest BCUT2D eigenvalue weighted by Crippen LogP contribution is -2.27. The number of aliphatic hydroxyl groups is 1. The molecule has 2 aromatic rings. The van der Waals surface area contributed by atoms with Crippen molar-refractivity contribution in [1.82, 2.24) is 4.31 Å². The second-order valence-corrected chi connectivity index (χ2v) is 7.08. The zero-order valence-electron chi connectivity index (χ0n) is 12.1. The van der Waals surface area contributed by atoms with Crippen LogP contribution in [0.5, 0.6) is 0 Å². The Morgan fingerprint density at radius 3 is 2.24 bits per heavy atom. The molecule has 114 valence electrons. The van der Waals surface area contributed by atoms with Crippen LogP contribution in [0.3, 0.4) is 0 Å². The van der Waals surface area contributed by atoms with Gasteiger partial charge in [-0.2, -0.15) is 4.31 Å². The summed E-state index contributed by atoms with van der Waals surface area (Å²) in [6.45, 7) is 1.98. The van der Waals surface area contributed by atoms with Gasteiger partial charge in [-0.15, -0.1) is 0 Å². The summed E-state index contributed by atoms with van der Waals surface area (Å²) in [7, 11) is -1.87. The van der Waals surface area contributed by atoms with E-state index in [2.05, 4.69) is 0 Å². The number of aryl methyl sites for hydroxylation is 1. The molecule has 5 nitrogen and oxygen atoms in total. The van der Waals surface area contributed by atoms with Gasteiger partial charge in [-0.05, 0) is 30.2 Å². The van der Waals surface area contributed by atoms with Crippen LogP contribution < -0.4 is 0 Å². The highest BCUT2D eigenvalue weighted by molar-refractivity contribution is 7.88. The minimum Gasteiger partial charge on any atom is -0.465 e. The minimum atomic E-state index is -3.41. The quantitative estimate of drug-likeness (QED) is 0.886. The van der Waals surface area contributed by atoms with Gasteiger partial charge in [0.15, 0.2) is 0 Å². The molecule has 0 atom stereocenters. The molecular formula is C15H19NO4S. The number of benzene rings is 1. The van der Waals surface area contributed by atoms with Crippen molar-refractivity contribution in [2.75, 3.05) is 7.05 Å². The molecule has 0 unspecified atom stereocenters. The molecule has 0 radical (unpaired) electrons. The molecule has 0 amide bonds. The SMILES string of the molecule is Cc1ccc(CN(C)S(=O)(=O)Cc2ccc(CO)cc2)o1. The second kappa shape index (κ2) is 6.43. The number of hydrogen-bond donors (Lipinski definition) is 1. The van der Waals surface area contributed by atoms with Crippen molar-refractivity contribution < 1.29 is 17.9 Å². The largest absolute Gasteiger partial charge is 0.465 e. The number of rotatable bonds is 6. The Hall–Kier alpha value is -1.63. The molecule has 0 spiro atoms. The Morgan fingerprint density at radius 2 is 1.71 bits per heavy atom. The first-order chi connectivity index (χ1) is 9.90. The number of aliphatic hydroxyl groups excluding tert-OH is 1. The van der Waals surface area contributed by atoms with Gasteiger partial charge >= 0.3 is 0 Å². The molecule has 1 aromatic heterocycles. The third-order valence-electron chi connectivity index (χ3n) is 3.20. The van der Waals surface area contributed by atoms with E-state index < -0.39 is 10.0 Å². The molecule has 0 aliphatic heterocycles. The molecule has 0 saturated carbocycles. The average Bonchev–Trinajstić information content (AvgIpc) is 2.84. The zero-order valence-corrected chi connectivity index (χ0v) is 12.9. The van der Waals surface area contributed by atoms with Crippen molar-refractivity contribution >= 4 is 10.0 Å². The van der Waals surface area contributed by atoms with Gasteiger partial charge in [0.05, 0.1) is 18.9 Å². The standard InChI is InChI=1S/C15H19NO4S/c1-12-3-8-15(20-12)9-16(2)21(18,19)11-14-6-4-13(10-17)5-7-14/h3-8,17H,9-11H2,1-2H3. The highest BCUT2D eigenvalue weighted by Gasteiger charge is 2.19. The Kier molecular flexibility index (Phi) is 4.82. The lowest BCUT2D eigenvalue weighted by Gasteiger charge is -2.16. The first kappa shape index (κ1) is 15.8. The summed E-state index contributed by atoms with van der Waals surface area (Å²) in [5.41, 5.74) is 1.45. The van der Waals surface area contributed by atoms with Crippen LogP contribution in [-0.4, -0.2) is 24.9 Å². The monoisotopic (exact) mass is 309 g/mol. The van der Waals surface area contributed by atoms with Gasteiger partial charge < -0.3 is 9.52 Å². The molecule has 1 N–H and O–H groups in total. The van der Waals surface area contributed by atoms with E-state index in [1.54, 1.807) is 30.3 Å². The molecule has 0 aliphatic rings. The van der Waals surface area contributed by atoms with Crippen molar-refractivity contribution in [2.24, 2.45) is 0 Å². The van der Waals surface area contributed by atoms with E-state index in [0.29, 0.717) is 11.3 Å². The van der Waals surface area contributed by atoms with Crippen molar-refractivity contribution in [3.05, 3.63) is 59.0 Å². The zero-order chi connectivity index (χ0) is 15.5. The summed E-state index contributed by atoms with van der Waals surface area (Å²) in [6.07, 6.45) is 0. The van der Waals surface area contributed by atoms with E-state index in [0.717, 1.165) is 11.3 Å². The number of furan rings is 1. The number of sulfonamides is 1. The van der Waals surface area contributed by atoms with Crippen molar-refractivity contribution in [2.45, 2.75) is 25.8 Å². The topological polar surface area (TPSA) is 70.8 Å². The Labute approximate surface area is 124 Å². The third-order valence-corrected chi connectivity index (χ3v) is 4.98. The van der Waals surface area contributed by atoms with Crippen LogP contribution in [0.2, 0.25) is 0 Å². The molecule has 1 aromatic carbocycles. The van der Waals surface area contributed by atoms with Gasteiger partial charge in [-0.3, -0.25) is 0 Å². The molecule has 0 saturated heterocycles. The van der Waals surface area contributed by atoms with E-state index in [1.807, 2.05) is 13.0 Å². The molecule has 6 heteroatoms. The molecule has 21 heavy (non-hydrogen) atoms. The van der Waals surface area contributed by atoms with Gasteiger partial charge in [-0.25, -0.2) is 8.42 Å². The molecule has 2 rings (SSSR count). The molecule has 0 fully saturated rings. The number of hydrogen-bond acceptors (Lipinski definition) is 4. The fourth-order valence-corrected chi connectivity index (χ4v) is 3.11. The lowest BCUT2D eigenvalue weighted by atomic mass is 10.2. The number of nitrogens with zero attached hydrogens (tertiary/aromatic N) is 1.